The van der Waals surface area contributed by atoms with Gasteiger partial charge in [0.2, 0.25) is 5.82 Å². The van der Waals surface area contributed by atoms with E-state index in [0.29, 0.717) is 35.7 Å². The highest BCUT2D eigenvalue weighted by Gasteiger charge is 2.36. The molecular weight excluding hydrogens is 456 g/mol. The van der Waals surface area contributed by atoms with Crippen molar-refractivity contribution in [1.82, 2.24) is 20.4 Å². The quantitative estimate of drug-likeness (QED) is 0.404. The van der Waals surface area contributed by atoms with Crippen molar-refractivity contribution in [2.45, 2.75) is 46.6 Å². The summed E-state index contributed by atoms with van der Waals surface area (Å²) in [6, 6.07) is 13.1. The van der Waals surface area contributed by atoms with Crippen LogP contribution >= 0.6 is 0 Å². The van der Waals surface area contributed by atoms with E-state index in [9.17, 15) is 4.79 Å². The summed E-state index contributed by atoms with van der Waals surface area (Å²) in [4.78, 5) is 19.7. The lowest BCUT2D eigenvalue weighted by Gasteiger charge is -2.35. The average molecular weight is 491 g/mol. The van der Waals surface area contributed by atoms with Gasteiger partial charge >= 0.3 is 6.03 Å². The van der Waals surface area contributed by atoms with Gasteiger partial charge in [0.05, 0.1) is 25.8 Å². The average Bonchev–Trinajstić information content (AvgIpc) is 3.37. The molecular formula is C28H34N4O4. The van der Waals surface area contributed by atoms with E-state index in [1.807, 2.05) is 37.3 Å². The smallest absolute Gasteiger partial charge is 0.322 e. The molecule has 8 heteroatoms. The molecule has 1 N–H and O–H groups in total. The van der Waals surface area contributed by atoms with Crippen LogP contribution in [0.2, 0.25) is 0 Å². The SMILES string of the molecule is CCc1ccc(-c2noc(C3=C(C)N(CCC(C)C)C(=O)NC3c3ccc(OC)c(OC)c3)n2)cc1. The number of aromatic nitrogens is 2. The molecule has 190 valence electrons. The fourth-order valence-electron chi connectivity index (χ4n) is 4.34. The molecule has 1 atom stereocenters. The number of benzene rings is 2. The minimum absolute atomic E-state index is 0.161. The monoisotopic (exact) mass is 490 g/mol. The topological polar surface area (TPSA) is 89.7 Å². The van der Waals surface area contributed by atoms with Gasteiger partial charge in [-0.2, -0.15) is 4.98 Å². The first-order chi connectivity index (χ1) is 17.4. The molecule has 2 heterocycles. The van der Waals surface area contributed by atoms with E-state index in [0.717, 1.165) is 35.2 Å². The first kappa shape index (κ1) is 25.3. The zero-order valence-corrected chi connectivity index (χ0v) is 21.8. The number of carbonyl (C=O) groups excluding carboxylic acids is 1. The van der Waals surface area contributed by atoms with E-state index in [2.05, 4.69) is 43.4 Å². The number of nitrogens with zero attached hydrogens (tertiary/aromatic N) is 3. The summed E-state index contributed by atoms with van der Waals surface area (Å²) < 4.78 is 16.7. The number of amides is 2. The van der Waals surface area contributed by atoms with Crippen molar-refractivity contribution in [1.29, 1.82) is 0 Å². The summed E-state index contributed by atoms with van der Waals surface area (Å²) in [7, 11) is 3.18. The number of carbonyl (C=O) groups is 1. The van der Waals surface area contributed by atoms with Crippen molar-refractivity contribution in [3.05, 3.63) is 65.2 Å². The Balaban J connectivity index is 1.79. The number of nitrogens with one attached hydrogen (secondary N) is 1. The maximum atomic E-state index is 13.2. The first-order valence-corrected chi connectivity index (χ1v) is 12.3. The molecule has 4 rings (SSSR count). The van der Waals surface area contributed by atoms with Crippen molar-refractivity contribution in [2.75, 3.05) is 20.8 Å². The molecule has 0 spiro atoms. The molecule has 1 aliphatic heterocycles. The Morgan fingerprint density at radius 3 is 2.44 bits per heavy atom. The predicted molar refractivity (Wildman–Crippen MR) is 139 cm³/mol. The lowest BCUT2D eigenvalue weighted by molar-refractivity contribution is 0.202. The second-order valence-electron chi connectivity index (χ2n) is 9.30. The number of hydrogen-bond donors (Lipinski definition) is 1. The molecule has 3 aromatic rings. The predicted octanol–water partition coefficient (Wildman–Crippen LogP) is 5.86. The van der Waals surface area contributed by atoms with Crippen LogP contribution in [-0.4, -0.2) is 41.8 Å². The highest BCUT2D eigenvalue weighted by molar-refractivity contribution is 5.87. The van der Waals surface area contributed by atoms with Crippen LogP contribution in [0.25, 0.3) is 17.0 Å². The summed E-state index contributed by atoms with van der Waals surface area (Å²) in [6.07, 6.45) is 1.83. The van der Waals surface area contributed by atoms with E-state index >= 15 is 0 Å². The Morgan fingerprint density at radius 1 is 1.08 bits per heavy atom. The van der Waals surface area contributed by atoms with E-state index < -0.39 is 6.04 Å². The molecule has 0 saturated heterocycles. The number of aryl methyl sites for hydroxylation is 1. The van der Waals surface area contributed by atoms with Gasteiger partial charge in [0.25, 0.3) is 5.89 Å². The number of rotatable bonds is 9. The van der Waals surface area contributed by atoms with Gasteiger partial charge in [-0.25, -0.2) is 4.79 Å². The number of urea groups is 1. The van der Waals surface area contributed by atoms with Gasteiger partial charge in [-0.3, -0.25) is 4.90 Å². The molecule has 2 amide bonds. The molecule has 1 aliphatic rings. The van der Waals surface area contributed by atoms with E-state index in [1.165, 1.54) is 5.56 Å². The van der Waals surface area contributed by atoms with Gasteiger partial charge in [0, 0.05) is 17.8 Å². The highest BCUT2D eigenvalue weighted by Crippen LogP contribution is 2.40. The molecule has 0 fully saturated rings. The fraction of sp³-hybridized carbons (Fsp3) is 0.393. The van der Waals surface area contributed by atoms with Crippen LogP contribution < -0.4 is 14.8 Å². The van der Waals surface area contributed by atoms with Crippen LogP contribution in [0, 0.1) is 5.92 Å². The third kappa shape index (κ3) is 5.08. The zero-order valence-electron chi connectivity index (χ0n) is 21.8. The fourth-order valence-corrected chi connectivity index (χ4v) is 4.34. The third-order valence-corrected chi connectivity index (χ3v) is 6.54. The molecule has 1 unspecified atom stereocenters. The van der Waals surface area contributed by atoms with Gasteiger partial charge in [-0.05, 0) is 48.9 Å². The molecule has 2 aromatic carbocycles. The van der Waals surface area contributed by atoms with Crippen LogP contribution in [0.5, 0.6) is 11.5 Å². The molecule has 8 nitrogen and oxygen atoms in total. The zero-order chi connectivity index (χ0) is 25.8. The lowest BCUT2D eigenvalue weighted by atomic mass is 9.94. The van der Waals surface area contributed by atoms with Gasteiger partial charge < -0.3 is 19.3 Å². The maximum absolute atomic E-state index is 13.2. The molecule has 36 heavy (non-hydrogen) atoms. The van der Waals surface area contributed by atoms with Crippen molar-refractivity contribution >= 4 is 11.6 Å². The van der Waals surface area contributed by atoms with Crippen molar-refractivity contribution in [3.63, 3.8) is 0 Å². The summed E-state index contributed by atoms with van der Waals surface area (Å²) in [5.74, 6) is 2.52. The van der Waals surface area contributed by atoms with Gasteiger partial charge in [0.1, 0.15) is 0 Å². The Kier molecular flexibility index (Phi) is 7.62. The second kappa shape index (κ2) is 10.8. The van der Waals surface area contributed by atoms with Crippen LogP contribution in [-0.2, 0) is 6.42 Å². The van der Waals surface area contributed by atoms with Crippen LogP contribution in [0.1, 0.15) is 57.2 Å². The van der Waals surface area contributed by atoms with Crippen LogP contribution in [0.3, 0.4) is 0 Å². The van der Waals surface area contributed by atoms with Crippen LogP contribution in [0.15, 0.2) is 52.7 Å². The summed E-state index contributed by atoms with van der Waals surface area (Å²) >= 11 is 0. The minimum atomic E-state index is -0.497. The van der Waals surface area contributed by atoms with E-state index in [1.54, 1.807) is 19.1 Å². The Morgan fingerprint density at radius 2 is 1.81 bits per heavy atom. The minimum Gasteiger partial charge on any atom is -0.493 e. The van der Waals surface area contributed by atoms with Crippen LogP contribution in [0.4, 0.5) is 4.79 Å². The molecule has 0 aliphatic carbocycles. The Hall–Kier alpha value is -3.81. The van der Waals surface area contributed by atoms with E-state index in [-0.39, 0.29) is 6.03 Å². The third-order valence-electron chi connectivity index (χ3n) is 6.54. The number of ether oxygens (including phenoxy) is 2. The standard InChI is InChI=1S/C28H34N4O4/c1-7-19-8-10-20(11-9-19)26-30-27(36-31-26)24-18(4)32(15-14-17(2)3)28(33)29-25(24)21-12-13-22(34-5)23(16-21)35-6/h8-13,16-17,25H,7,14-15H2,1-6H3,(H,29,33). The number of methoxy groups -OCH3 is 2. The van der Waals surface area contributed by atoms with Crippen molar-refractivity contribution < 1.29 is 18.8 Å². The Bertz CT molecular complexity index is 1250. The number of hydrogen-bond acceptors (Lipinski definition) is 6. The number of allylic oxidation sites excluding steroid dienone is 1. The van der Waals surface area contributed by atoms with E-state index in [4.69, 9.17) is 19.0 Å². The van der Waals surface area contributed by atoms with Gasteiger partial charge in [0.15, 0.2) is 11.5 Å². The first-order valence-electron chi connectivity index (χ1n) is 12.3. The summed E-state index contributed by atoms with van der Waals surface area (Å²) in [6.45, 7) is 8.93. The van der Waals surface area contributed by atoms with Crippen molar-refractivity contribution in [2.24, 2.45) is 5.92 Å². The summed E-state index contributed by atoms with van der Waals surface area (Å²) in [5.41, 5.74) is 4.49. The largest absolute Gasteiger partial charge is 0.493 e. The molecule has 0 bridgehead atoms. The van der Waals surface area contributed by atoms with Gasteiger partial charge in [-0.15, -0.1) is 0 Å². The van der Waals surface area contributed by atoms with Crippen molar-refractivity contribution in [3.8, 4) is 22.9 Å². The lowest BCUT2D eigenvalue weighted by Crippen LogP contribution is -2.46. The summed E-state index contributed by atoms with van der Waals surface area (Å²) in [5, 5.41) is 7.41. The van der Waals surface area contributed by atoms with Gasteiger partial charge in [-0.1, -0.05) is 56.3 Å². The normalized spacial score (nSPS) is 15.9. The maximum Gasteiger partial charge on any atom is 0.322 e. The highest BCUT2D eigenvalue weighted by atomic mass is 16.5. The molecule has 0 saturated carbocycles. The molecule has 0 radical (unpaired) electrons. The Labute approximate surface area is 212 Å². The second-order valence-corrected chi connectivity index (χ2v) is 9.30. The molecule has 1 aromatic heterocycles.